The molecule has 1 saturated heterocycles. The standard InChI is InChI=1S/C32H40BrClN2O4Si/c1-31(2,3)40-30(38)36-23(17-18-26(36)29(37)22-19-27(33)35-28(34)20-22)21-39-41(32(4,5)6,24-13-9-7-10-14-24)25-15-11-8-12-16-25/h7-16,19-20,23,26,29,37H,17-18,21H2,1-6H3. The molecule has 220 valence electrons. The summed E-state index contributed by atoms with van der Waals surface area (Å²) in [6.07, 6.45) is -0.183. The molecule has 0 aliphatic carbocycles. The van der Waals surface area contributed by atoms with Crippen molar-refractivity contribution in [1.29, 1.82) is 0 Å². The number of aliphatic hydroxyl groups is 1. The number of aliphatic hydroxyl groups excluding tert-OH is 1. The van der Waals surface area contributed by atoms with E-state index < -0.39 is 32.2 Å². The fourth-order valence-electron chi connectivity index (χ4n) is 5.84. The molecule has 1 fully saturated rings. The van der Waals surface area contributed by atoms with E-state index in [1.54, 1.807) is 17.0 Å². The summed E-state index contributed by atoms with van der Waals surface area (Å²) in [7, 11) is -2.83. The average Bonchev–Trinajstić information content (AvgIpc) is 3.32. The lowest BCUT2D eigenvalue weighted by Gasteiger charge is -2.44. The molecule has 1 aliphatic rings. The normalized spacial score (nSPS) is 18.8. The first kappa shape index (κ1) is 31.7. The summed E-state index contributed by atoms with van der Waals surface area (Å²) in [6, 6.07) is 23.5. The number of ether oxygens (including phenoxy) is 1. The van der Waals surface area contributed by atoms with Crippen LogP contribution in [-0.2, 0) is 9.16 Å². The van der Waals surface area contributed by atoms with Crippen molar-refractivity contribution in [2.45, 2.75) is 83.2 Å². The van der Waals surface area contributed by atoms with Crippen molar-refractivity contribution in [1.82, 2.24) is 9.88 Å². The molecule has 9 heteroatoms. The van der Waals surface area contributed by atoms with Gasteiger partial charge < -0.3 is 14.3 Å². The second-order valence-corrected chi connectivity index (χ2v) is 18.2. The number of nitrogens with zero attached hydrogens (tertiary/aromatic N) is 2. The molecule has 2 heterocycles. The van der Waals surface area contributed by atoms with Crippen LogP contribution in [0.3, 0.4) is 0 Å². The fraction of sp³-hybridized carbons (Fsp3) is 0.438. The van der Waals surface area contributed by atoms with E-state index in [2.05, 4.69) is 90.2 Å². The first-order valence-corrected chi connectivity index (χ1v) is 17.1. The molecule has 6 nitrogen and oxygen atoms in total. The Hall–Kier alpha value is -2.23. The number of benzene rings is 2. The van der Waals surface area contributed by atoms with E-state index in [4.69, 9.17) is 20.8 Å². The lowest BCUT2D eigenvalue weighted by atomic mass is 10.0. The maximum atomic E-state index is 13.7. The van der Waals surface area contributed by atoms with Gasteiger partial charge in [-0.05, 0) is 82.7 Å². The fourth-order valence-corrected chi connectivity index (χ4v) is 11.2. The zero-order chi connectivity index (χ0) is 30.0. The first-order chi connectivity index (χ1) is 19.2. The van der Waals surface area contributed by atoms with Gasteiger partial charge in [-0.1, -0.05) is 93.0 Å². The predicted molar refractivity (Wildman–Crippen MR) is 170 cm³/mol. The third-order valence-electron chi connectivity index (χ3n) is 7.55. The van der Waals surface area contributed by atoms with Gasteiger partial charge in [-0.2, -0.15) is 0 Å². The van der Waals surface area contributed by atoms with Crippen LogP contribution < -0.4 is 10.4 Å². The van der Waals surface area contributed by atoms with Crippen molar-refractivity contribution in [2.75, 3.05) is 6.61 Å². The molecule has 1 N–H and O–H groups in total. The highest BCUT2D eigenvalue weighted by Gasteiger charge is 2.52. The van der Waals surface area contributed by atoms with Crippen LogP contribution in [0.25, 0.3) is 0 Å². The molecular weight excluding hydrogens is 620 g/mol. The van der Waals surface area contributed by atoms with Crippen molar-refractivity contribution < 1.29 is 19.1 Å². The minimum absolute atomic E-state index is 0.204. The summed E-state index contributed by atoms with van der Waals surface area (Å²) >= 11 is 9.57. The molecule has 3 atom stereocenters. The van der Waals surface area contributed by atoms with Gasteiger partial charge in [-0.25, -0.2) is 9.78 Å². The van der Waals surface area contributed by atoms with Crippen molar-refractivity contribution in [3.8, 4) is 0 Å². The topological polar surface area (TPSA) is 71.9 Å². The maximum Gasteiger partial charge on any atom is 0.410 e. The maximum absolute atomic E-state index is 13.7. The third-order valence-corrected chi connectivity index (χ3v) is 13.2. The minimum Gasteiger partial charge on any atom is -0.444 e. The highest BCUT2D eigenvalue weighted by molar-refractivity contribution is 9.10. The molecule has 0 saturated carbocycles. The number of hydrogen-bond donors (Lipinski definition) is 1. The lowest BCUT2D eigenvalue weighted by Crippen LogP contribution is -2.67. The molecule has 3 unspecified atom stereocenters. The highest BCUT2D eigenvalue weighted by Crippen LogP contribution is 2.39. The smallest absolute Gasteiger partial charge is 0.410 e. The van der Waals surface area contributed by atoms with Gasteiger partial charge in [0.2, 0.25) is 0 Å². The number of aromatic nitrogens is 1. The Morgan fingerprint density at radius 2 is 1.59 bits per heavy atom. The number of carbonyl (C=O) groups excluding carboxylic acids is 1. The van der Waals surface area contributed by atoms with Gasteiger partial charge in [0.05, 0.1) is 24.8 Å². The quantitative estimate of drug-likeness (QED) is 0.221. The number of amides is 1. The van der Waals surface area contributed by atoms with Crippen molar-refractivity contribution >= 4 is 52.3 Å². The van der Waals surface area contributed by atoms with E-state index in [1.807, 2.05) is 32.9 Å². The number of rotatable bonds is 7. The minimum atomic E-state index is -2.83. The molecule has 1 amide bonds. The predicted octanol–water partition coefficient (Wildman–Crippen LogP) is 6.88. The van der Waals surface area contributed by atoms with E-state index in [-0.39, 0.29) is 16.2 Å². The average molecular weight is 660 g/mol. The third kappa shape index (κ3) is 7.05. The van der Waals surface area contributed by atoms with Crippen molar-refractivity contribution in [2.24, 2.45) is 0 Å². The number of hydrogen-bond acceptors (Lipinski definition) is 5. The largest absolute Gasteiger partial charge is 0.444 e. The van der Waals surface area contributed by atoms with Crippen molar-refractivity contribution in [3.05, 3.63) is 88.1 Å². The molecular formula is C32H40BrClN2O4Si. The zero-order valence-corrected chi connectivity index (χ0v) is 27.9. The Morgan fingerprint density at radius 1 is 1.02 bits per heavy atom. The van der Waals surface area contributed by atoms with Gasteiger partial charge in [0.15, 0.2) is 0 Å². The Bertz CT molecular complexity index is 1270. The Balaban J connectivity index is 1.72. The van der Waals surface area contributed by atoms with Crippen LogP contribution >= 0.6 is 27.5 Å². The summed E-state index contributed by atoms with van der Waals surface area (Å²) in [5.74, 6) is 0. The summed E-state index contributed by atoms with van der Waals surface area (Å²) < 4.78 is 13.6. The summed E-state index contributed by atoms with van der Waals surface area (Å²) in [5, 5.41) is 13.9. The molecule has 41 heavy (non-hydrogen) atoms. The highest BCUT2D eigenvalue weighted by atomic mass is 79.9. The van der Waals surface area contributed by atoms with E-state index in [0.29, 0.717) is 29.6 Å². The summed E-state index contributed by atoms with van der Waals surface area (Å²) in [4.78, 5) is 19.6. The van der Waals surface area contributed by atoms with Gasteiger partial charge in [0, 0.05) is 0 Å². The second-order valence-electron chi connectivity index (χ2n) is 12.7. The van der Waals surface area contributed by atoms with Crippen LogP contribution in [0.4, 0.5) is 4.79 Å². The van der Waals surface area contributed by atoms with Crippen LogP contribution in [0.2, 0.25) is 10.2 Å². The second kappa shape index (κ2) is 12.6. The number of halogens is 2. The SMILES string of the molecule is CC(C)(C)OC(=O)N1C(CO[Si](c2ccccc2)(c2ccccc2)C(C)(C)C)CCC1C(O)c1cc(Cl)nc(Br)c1. The van der Waals surface area contributed by atoms with E-state index >= 15 is 0 Å². The van der Waals surface area contributed by atoms with Crippen LogP contribution in [0, 0.1) is 0 Å². The van der Waals surface area contributed by atoms with Crippen molar-refractivity contribution in [3.63, 3.8) is 0 Å². The van der Waals surface area contributed by atoms with E-state index in [1.165, 1.54) is 10.4 Å². The van der Waals surface area contributed by atoms with Crippen LogP contribution in [0.1, 0.15) is 66.1 Å². The van der Waals surface area contributed by atoms with Gasteiger partial charge >= 0.3 is 6.09 Å². The molecule has 1 aliphatic heterocycles. The monoisotopic (exact) mass is 658 g/mol. The summed E-state index contributed by atoms with van der Waals surface area (Å²) in [5.41, 5.74) is -0.106. The number of pyridine rings is 1. The zero-order valence-electron chi connectivity index (χ0n) is 24.6. The molecule has 0 spiro atoms. The van der Waals surface area contributed by atoms with Crippen LogP contribution in [0.15, 0.2) is 77.4 Å². The number of carbonyl (C=O) groups is 1. The lowest BCUT2D eigenvalue weighted by molar-refractivity contribution is -0.00949. The number of likely N-dealkylation sites (tertiary alicyclic amines) is 1. The van der Waals surface area contributed by atoms with Gasteiger partial charge in [0.25, 0.3) is 8.32 Å². The van der Waals surface area contributed by atoms with Gasteiger partial charge in [-0.15, -0.1) is 0 Å². The molecule has 2 aromatic carbocycles. The van der Waals surface area contributed by atoms with E-state index in [0.717, 1.165) is 0 Å². The molecule has 1 aromatic heterocycles. The Kier molecular flexibility index (Phi) is 9.71. The van der Waals surface area contributed by atoms with Crippen LogP contribution in [0.5, 0.6) is 0 Å². The molecule has 3 aromatic rings. The van der Waals surface area contributed by atoms with Crippen LogP contribution in [-0.4, -0.2) is 53.7 Å². The molecule has 0 bridgehead atoms. The Labute approximate surface area is 258 Å². The van der Waals surface area contributed by atoms with E-state index in [9.17, 15) is 9.90 Å². The Morgan fingerprint density at radius 3 is 2.07 bits per heavy atom. The molecule has 4 rings (SSSR count). The molecule has 0 radical (unpaired) electrons. The summed E-state index contributed by atoms with van der Waals surface area (Å²) in [6.45, 7) is 12.6. The van der Waals surface area contributed by atoms with Gasteiger partial charge in [-0.3, -0.25) is 4.90 Å². The first-order valence-electron chi connectivity index (χ1n) is 14.0. The van der Waals surface area contributed by atoms with Gasteiger partial charge in [0.1, 0.15) is 15.4 Å².